The highest BCUT2D eigenvalue weighted by molar-refractivity contribution is 7.99. The summed E-state index contributed by atoms with van der Waals surface area (Å²) in [7, 11) is 0. The maximum atomic E-state index is 4.82. The van der Waals surface area contributed by atoms with Crippen LogP contribution in [0.1, 0.15) is 47.5 Å². The van der Waals surface area contributed by atoms with Crippen molar-refractivity contribution in [2.45, 2.75) is 44.9 Å². The molecule has 90 valence electrons. The molecule has 1 N–H and O–H groups in total. The Morgan fingerprint density at radius 1 is 1.44 bits per heavy atom. The van der Waals surface area contributed by atoms with Crippen LogP contribution in [0.4, 0.5) is 0 Å². The van der Waals surface area contributed by atoms with Crippen molar-refractivity contribution in [2.24, 2.45) is 0 Å². The predicted octanol–water partition coefficient (Wildman–Crippen LogP) is 3.38. The van der Waals surface area contributed by atoms with Gasteiger partial charge in [-0.05, 0) is 31.6 Å². The van der Waals surface area contributed by atoms with Gasteiger partial charge >= 0.3 is 0 Å². The third kappa shape index (κ3) is 2.79. The van der Waals surface area contributed by atoms with E-state index >= 15 is 0 Å². The van der Waals surface area contributed by atoms with Crippen LogP contribution in [-0.4, -0.2) is 17.3 Å². The Bertz CT molecular complexity index is 330. The minimum absolute atomic E-state index is 0.686. The molecule has 2 nitrogen and oxygen atoms in total. The zero-order chi connectivity index (χ0) is 11.4. The van der Waals surface area contributed by atoms with E-state index in [2.05, 4.69) is 30.9 Å². The van der Waals surface area contributed by atoms with Crippen LogP contribution in [0.25, 0.3) is 0 Å². The standard InChI is InChI=1S/C12H20N2S2/c1-3-9-11(8-13-4-2)16-12(14-9)10-6-5-7-15-10/h10,13H,3-8H2,1-2H3. The first kappa shape index (κ1) is 12.4. The van der Waals surface area contributed by atoms with Crippen LogP contribution in [-0.2, 0) is 13.0 Å². The molecule has 0 spiro atoms. The van der Waals surface area contributed by atoms with Gasteiger partial charge in [0.05, 0.1) is 10.9 Å². The summed E-state index contributed by atoms with van der Waals surface area (Å²) in [4.78, 5) is 6.27. The predicted molar refractivity (Wildman–Crippen MR) is 73.3 cm³/mol. The molecule has 0 amide bonds. The molecule has 2 heterocycles. The number of aromatic nitrogens is 1. The highest BCUT2D eigenvalue weighted by atomic mass is 32.2. The van der Waals surface area contributed by atoms with Gasteiger partial charge in [-0.2, -0.15) is 11.8 Å². The Morgan fingerprint density at radius 3 is 2.94 bits per heavy atom. The maximum absolute atomic E-state index is 4.82. The highest BCUT2D eigenvalue weighted by Crippen LogP contribution is 2.42. The summed E-state index contributed by atoms with van der Waals surface area (Å²) in [5.74, 6) is 1.31. The van der Waals surface area contributed by atoms with E-state index in [1.807, 2.05) is 11.3 Å². The largest absolute Gasteiger partial charge is 0.312 e. The van der Waals surface area contributed by atoms with Crippen LogP contribution < -0.4 is 5.32 Å². The third-order valence-electron chi connectivity index (χ3n) is 2.87. The molecule has 0 radical (unpaired) electrons. The van der Waals surface area contributed by atoms with Gasteiger partial charge in [-0.25, -0.2) is 4.98 Å². The summed E-state index contributed by atoms with van der Waals surface area (Å²) in [6, 6.07) is 0. The molecule has 4 heteroatoms. The SMILES string of the molecule is CCNCc1sc(C2CCCS2)nc1CC. The number of thioether (sulfide) groups is 1. The van der Waals surface area contributed by atoms with Gasteiger partial charge in [0.15, 0.2) is 0 Å². The van der Waals surface area contributed by atoms with Crippen molar-refractivity contribution in [1.29, 1.82) is 0 Å². The smallest absolute Gasteiger partial charge is 0.106 e. The van der Waals surface area contributed by atoms with Gasteiger partial charge in [-0.1, -0.05) is 13.8 Å². The molecule has 0 saturated carbocycles. The first-order valence-electron chi connectivity index (χ1n) is 6.16. The zero-order valence-corrected chi connectivity index (χ0v) is 11.7. The molecular formula is C12H20N2S2. The zero-order valence-electron chi connectivity index (χ0n) is 10.1. The van der Waals surface area contributed by atoms with Crippen LogP contribution in [0.5, 0.6) is 0 Å². The monoisotopic (exact) mass is 256 g/mol. The molecule has 1 unspecified atom stereocenters. The molecule has 16 heavy (non-hydrogen) atoms. The molecule has 1 fully saturated rings. The molecule has 1 aromatic heterocycles. The molecule has 1 aliphatic rings. The van der Waals surface area contributed by atoms with E-state index in [9.17, 15) is 0 Å². The average Bonchev–Trinajstić information content (AvgIpc) is 2.94. The normalized spacial score (nSPS) is 20.5. The van der Waals surface area contributed by atoms with Crippen molar-refractivity contribution in [3.63, 3.8) is 0 Å². The summed E-state index contributed by atoms with van der Waals surface area (Å²) in [5, 5.41) is 5.46. The van der Waals surface area contributed by atoms with Gasteiger partial charge in [-0.3, -0.25) is 0 Å². The molecule has 0 aliphatic carbocycles. The second-order valence-corrected chi connectivity index (χ2v) is 6.48. The highest BCUT2D eigenvalue weighted by Gasteiger charge is 2.22. The summed E-state index contributed by atoms with van der Waals surface area (Å²) >= 11 is 4.01. The number of aryl methyl sites for hydroxylation is 1. The fourth-order valence-corrected chi connectivity index (χ4v) is 4.60. The average molecular weight is 256 g/mol. The summed E-state index contributed by atoms with van der Waals surface area (Å²) in [6.07, 6.45) is 3.75. The van der Waals surface area contributed by atoms with E-state index in [0.717, 1.165) is 19.5 Å². The third-order valence-corrected chi connectivity index (χ3v) is 5.62. The van der Waals surface area contributed by atoms with Crippen molar-refractivity contribution in [3.05, 3.63) is 15.6 Å². The fourth-order valence-electron chi connectivity index (χ4n) is 1.97. The topological polar surface area (TPSA) is 24.9 Å². The molecule has 1 aliphatic heterocycles. The second-order valence-electron chi connectivity index (χ2n) is 4.06. The Balaban J connectivity index is 2.10. The first-order valence-corrected chi connectivity index (χ1v) is 8.02. The first-order chi connectivity index (χ1) is 7.85. The molecule has 2 rings (SSSR count). The number of hydrogen-bond acceptors (Lipinski definition) is 4. The lowest BCUT2D eigenvalue weighted by molar-refractivity contribution is 0.727. The number of thiazole rings is 1. The number of rotatable bonds is 5. The lowest BCUT2D eigenvalue weighted by Crippen LogP contribution is -2.11. The van der Waals surface area contributed by atoms with Crippen molar-refractivity contribution < 1.29 is 0 Å². The Kier molecular flexibility index (Phi) is 4.67. The summed E-state index contributed by atoms with van der Waals surface area (Å²) < 4.78 is 0. The molecule has 0 bridgehead atoms. The lowest BCUT2D eigenvalue weighted by atomic mass is 10.2. The summed E-state index contributed by atoms with van der Waals surface area (Å²) in [5.41, 5.74) is 1.31. The van der Waals surface area contributed by atoms with E-state index < -0.39 is 0 Å². The fraction of sp³-hybridized carbons (Fsp3) is 0.750. The van der Waals surface area contributed by atoms with E-state index in [4.69, 9.17) is 4.98 Å². The van der Waals surface area contributed by atoms with E-state index in [0.29, 0.717) is 5.25 Å². The second kappa shape index (κ2) is 6.03. The van der Waals surface area contributed by atoms with Gasteiger partial charge in [0.2, 0.25) is 0 Å². The molecular weight excluding hydrogens is 236 g/mol. The van der Waals surface area contributed by atoms with E-state index in [-0.39, 0.29) is 0 Å². The van der Waals surface area contributed by atoms with Crippen LogP contribution in [0, 0.1) is 0 Å². The Morgan fingerprint density at radius 2 is 2.31 bits per heavy atom. The quantitative estimate of drug-likeness (QED) is 0.874. The Hall–Kier alpha value is -0.0600. The van der Waals surface area contributed by atoms with Crippen LogP contribution >= 0.6 is 23.1 Å². The molecule has 0 aromatic carbocycles. The van der Waals surface area contributed by atoms with E-state index in [1.54, 1.807) is 0 Å². The summed E-state index contributed by atoms with van der Waals surface area (Å²) in [6.45, 7) is 6.39. The molecule has 1 saturated heterocycles. The van der Waals surface area contributed by atoms with Gasteiger partial charge < -0.3 is 5.32 Å². The van der Waals surface area contributed by atoms with Crippen molar-refractivity contribution >= 4 is 23.1 Å². The minimum Gasteiger partial charge on any atom is -0.312 e. The lowest BCUT2D eigenvalue weighted by Gasteiger charge is -2.01. The Labute approximate surface area is 106 Å². The number of nitrogens with one attached hydrogen (secondary N) is 1. The van der Waals surface area contributed by atoms with Crippen molar-refractivity contribution in [2.75, 3.05) is 12.3 Å². The van der Waals surface area contributed by atoms with Crippen LogP contribution in [0.2, 0.25) is 0 Å². The molecule has 1 atom stereocenters. The van der Waals surface area contributed by atoms with Crippen LogP contribution in [0.15, 0.2) is 0 Å². The van der Waals surface area contributed by atoms with Crippen molar-refractivity contribution in [3.8, 4) is 0 Å². The van der Waals surface area contributed by atoms with Gasteiger partial charge in [0.1, 0.15) is 5.01 Å². The number of nitrogens with zero attached hydrogens (tertiary/aromatic N) is 1. The maximum Gasteiger partial charge on any atom is 0.106 e. The minimum atomic E-state index is 0.686. The van der Waals surface area contributed by atoms with Gasteiger partial charge in [0, 0.05) is 11.4 Å². The molecule has 1 aromatic rings. The van der Waals surface area contributed by atoms with Gasteiger partial charge in [-0.15, -0.1) is 11.3 Å². The number of hydrogen-bond donors (Lipinski definition) is 1. The van der Waals surface area contributed by atoms with Crippen LogP contribution in [0.3, 0.4) is 0 Å². The van der Waals surface area contributed by atoms with E-state index in [1.165, 1.54) is 34.2 Å². The van der Waals surface area contributed by atoms with Crippen molar-refractivity contribution in [1.82, 2.24) is 10.3 Å². The van der Waals surface area contributed by atoms with Gasteiger partial charge in [0.25, 0.3) is 0 Å².